The summed E-state index contributed by atoms with van der Waals surface area (Å²) in [6.07, 6.45) is 1.26. The lowest BCUT2D eigenvalue weighted by atomic mass is 10.2. The van der Waals surface area contributed by atoms with Crippen LogP contribution in [0.4, 0.5) is 11.4 Å². The van der Waals surface area contributed by atoms with Crippen molar-refractivity contribution in [3.63, 3.8) is 0 Å². The van der Waals surface area contributed by atoms with Crippen LogP contribution < -0.4 is 15.4 Å². The molecule has 5 nitrogen and oxygen atoms in total. The Morgan fingerprint density at radius 3 is 2.22 bits per heavy atom. The van der Waals surface area contributed by atoms with Crippen molar-refractivity contribution in [1.82, 2.24) is 0 Å². The van der Waals surface area contributed by atoms with Gasteiger partial charge < -0.3 is 15.4 Å². The summed E-state index contributed by atoms with van der Waals surface area (Å²) < 4.78 is 5.38. The number of carbonyl (C=O) groups is 2. The van der Waals surface area contributed by atoms with E-state index in [1.165, 1.54) is 0 Å². The molecule has 23 heavy (non-hydrogen) atoms. The fraction of sp³-hybridized carbons (Fsp3) is 0.222. The molecule has 2 N–H and O–H groups in total. The van der Waals surface area contributed by atoms with Crippen molar-refractivity contribution < 1.29 is 14.3 Å². The van der Waals surface area contributed by atoms with Crippen LogP contribution >= 0.6 is 0 Å². The number of benzene rings is 2. The van der Waals surface area contributed by atoms with Crippen molar-refractivity contribution in [3.05, 3.63) is 54.6 Å². The Labute approximate surface area is 135 Å². The molecule has 0 saturated heterocycles. The molecule has 0 atom stereocenters. The molecule has 0 aliphatic heterocycles. The zero-order chi connectivity index (χ0) is 16.5. The first-order valence-corrected chi connectivity index (χ1v) is 7.55. The fourth-order valence-corrected chi connectivity index (χ4v) is 1.99. The van der Waals surface area contributed by atoms with Gasteiger partial charge in [-0.05, 0) is 36.8 Å². The summed E-state index contributed by atoms with van der Waals surface area (Å²) in [4.78, 5) is 23.5. The molecule has 0 spiro atoms. The fourth-order valence-electron chi connectivity index (χ4n) is 1.99. The first-order chi connectivity index (χ1) is 11.2. The van der Waals surface area contributed by atoms with E-state index >= 15 is 0 Å². The van der Waals surface area contributed by atoms with Gasteiger partial charge in [0.15, 0.2) is 6.61 Å². The normalized spacial score (nSPS) is 9.96. The molecule has 0 bridgehead atoms. The largest absolute Gasteiger partial charge is 0.484 e. The highest BCUT2D eigenvalue weighted by molar-refractivity contribution is 5.94. The zero-order valence-electron chi connectivity index (χ0n) is 13.0. The van der Waals surface area contributed by atoms with Crippen LogP contribution in [0.5, 0.6) is 5.75 Å². The first kappa shape index (κ1) is 16.5. The van der Waals surface area contributed by atoms with Crippen LogP contribution in [0.25, 0.3) is 0 Å². The minimum atomic E-state index is -0.258. The summed E-state index contributed by atoms with van der Waals surface area (Å²) in [5.74, 6) is 0.345. The molecule has 0 saturated carbocycles. The SMILES string of the molecule is CCCC(=O)Nc1cccc(NC(=O)COc2ccccc2)c1. The van der Waals surface area contributed by atoms with Crippen molar-refractivity contribution in [2.24, 2.45) is 0 Å². The van der Waals surface area contributed by atoms with Gasteiger partial charge in [0.05, 0.1) is 0 Å². The number of para-hydroxylation sites is 1. The number of ether oxygens (including phenoxy) is 1. The molecule has 0 radical (unpaired) electrons. The maximum absolute atomic E-state index is 11.9. The molecule has 0 heterocycles. The third-order valence-corrected chi connectivity index (χ3v) is 3.02. The first-order valence-electron chi connectivity index (χ1n) is 7.55. The summed E-state index contributed by atoms with van der Waals surface area (Å²) >= 11 is 0. The molecule has 2 amide bonds. The molecule has 2 aromatic rings. The molecule has 120 valence electrons. The number of carbonyl (C=O) groups excluding carboxylic acids is 2. The van der Waals surface area contributed by atoms with Crippen molar-refractivity contribution in [1.29, 1.82) is 0 Å². The zero-order valence-corrected chi connectivity index (χ0v) is 13.0. The number of hydrogen-bond donors (Lipinski definition) is 2. The van der Waals surface area contributed by atoms with Crippen LogP contribution in [-0.4, -0.2) is 18.4 Å². The van der Waals surface area contributed by atoms with Crippen molar-refractivity contribution in [2.75, 3.05) is 17.2 Å². The van der Waals surface area contributed by atoms with Gasteiger partial charge in [-0.1, -0.05) is 31.2 Å². The third kappa shape index (κ3) is 5.82. The van der Waals surface area contributed by atoms with Crippen molar-refractivity contribution in [3.8, 4) is 5.75 Å². The molecule has 0 aromatic heterocycles. The molecular formula is C18H20N2O3. The average Bonchev–Trinajstić information content (AvgIpc) is 2.54. The standard InChI is InChI=1S/C18H20N2O3/c1-2-7-17(21)19-14-8-6-9-15(12-14)20-18(22)13-23-16-10-4-3-5-11-16/h3-6,8-12H,2,7,13H2,1H3,(H,19,21)(H,20,22). The highest BCUT2D eigenvalue weighted by Crippen LogP contribution is 2.16. The van der Waals surface area contributed by atoms with E-state index in [2.05, 4.69) is 10.6 Å². The van der Waals surface area contributed by atoms with Gasteiger partial charge in [-0.15, -0.1) is 0 Å². The van der Waals surface area contributed by atoms with Crippen LogP contribution in [-0.2, 0) is 9.59 Å². The minimum absolute atomic E-state index is 0.0385. The quantitative estimate of drug-likeness (QED) is 0.823. The van der Waals surface area contributed by atoms with Crippen LogP contribution in [0, 0.1) is 0 Å². The molecule has 2 aromatic carbocycles. The predicted octanol–water partition coefficient (Wildman–Crippen LogP) is 3.44. The van der Waals surface area contributed by atoms with Crippen LogP contribution in [0.2, 0.25) is 0 Å². The van der Waals surface area contributed by atoms with Gasteiger partial charge in [0.1, 0.15) is 5.75 Å². The number of hydrogen-bond acceptors (Lipinski definition) is 3. The van der Waals surface area contributed by atoms with Crippen LogP contribution in [0.3, 0.4) is 0 Å². The van der Waals surface area contributed by atoms with Crippen LogP contribution in [0.15, 0.2) is 54.6 Å². The molecule has 5 heteroatoms. The van der Waals surface area contributed by atoms with Crippen molar-refractivity contribution in [2.45, 2.75) is 19.8 Å². The molecule has 0 unspecified atom stereocenters. The van der Waals surface area contributed by atoms with E-state index in [0.29, 0.717) is 23.5 Å². The van der Waals surface area contributed by atoms with Crippen molar-refractivity contribution >= 4 is 23.2 Å². The predicted molar refractivity (Wildman–Crippen MR) is 90.5 cm³/mol. The smallest absolute Gasteiger partial charge is 0.262 e. The van der Waals surface area contributed by atoms with Gasteiger partial charge in [-0.25, -0.2) is 0 Å². The van der Waals surface area contributed by atoms with E-state index < -0.39 is 0 Å². The highest BCUT2D eigenvalue weighted by Gasteiger charge is 2.05. The second-order valence-corrected chi connectivity index (χ2v) is 5.03. The van der Waals surface area contributed by atoms with Gasteiger partial charge in [0.25, 0.3) is 5.91 Å². The maximum Gasteiger partial charge on any atom is 0.262 e. The lowest BCUT2D eigenvalue weighted by Gasteiger charge is -2.09. The van der Waals surface area contributed by atoms with E-state index in [1.54, 1.807) is 36.4 Å². The molecule has 0 fully saturated rings. The summed E-state index contributed by atoms with van der Waals surface area (Å²) in [6, 6.07) is 16.2. The summed E-state index contributed by atoms with van der Waals surface area (Å²) in [6.45, 7) is 1.87. The number of anilines is 2. The topological polar surface area (TPSA) is 67.4 Å². The monoisotopic (exact) mass is 312 g/mol. The van der Waals surface area contributed by atoms with Gasteiger partial charge in [-0.3, -0.25) is 9.59 Å². The second-order valence-electron chi connectivity index (χ2n) is 5.03. The Balaban J connectivity index is 1.87. The summed E-state index contributed by atoms with van der Waals surface area (Å²) in [5, 5.41) is 5.54. The Morgan fingerprint density at radius 1 is 0.913 bits per heavy atom. The minimum Gasteiger partial charge on any atom is -0.484 e. The average molecular weight is 312 g/mol. The molecular weight excluding hydrogens is 292 g/mol. The Morgan fingerprint density at radius 2 is 1.57 bits per heavy atom. The third-order valence-electron chi connectivity index (χ3n) is 3.02. The Kier molecular flexibility index (Phi) is 6.17. The summed E-state index contributed by atoms with van der Waals surface area (Å²) in [5.41, 5.74) is 1.27. The number of amides is 2. The van der Waals surface area contributed by atoms with Crippen LogP contribution in [0.1, 0.15) is 19.8 Å². The van der Waals surface area contributed by atoms with E-state index in [1.807, 2.05) is 25.1 Å². The van der Waals surface area contributed by atoms with Gasteiger partial charge in [0.2, 0.25) is 5.91 Å². The van der Waals surface area contributed by atoms with Gasteiger partial charge in [-0.2, -0.15) is 0 Å². The van der Waals surface area contributed by atoms with E-state index in [-0.39, 0.29) is 18.4 Å². The van der Waals surface area contributed by atoms with E-state index in [0.717, 1.165) is 6.42 Å². The van der Waals surface area contributed by atoms with E-state index in [9.17, 15) is 9.59 Å². The second kappa shape index (κ2) is 8.58. The number of nitrogens with one attached hydrogen (secondary N) is 2. The highest BCUT2D eigenvalue weighted by atomic mass is 16.5. The molecule has 0 aliphatic carbocycles. The van der Waals surface area contributed by atoms with Gasteiger partial charge in [0, 0.05) is 17.8 Å². The Bertz CT molecular complexity index is 656. The maximum atomic E-state index is 11.9. The molecule has 0 aliphatic rings. The van der Waals surface area contributed by atoms with Gasteiger partial charge >= 0.3 is 0 Å². The lowest BCUT2D eigenvalue weighted by Crippen LogP contribution is -2.20. The summed E-state index contributed by atoms with van der Waals surface area (Å²) in [7, 11) is 0. The molecule has 2 rings (SSSR count). The lowest BCUT2D eigenvalue weighted by molar-refractivity contribution is -0.118. The number of rotatable bonds is 7. The Hall–Kier alpha value is -2.82. The van der Waals surface area contributed by atoms with E-state index in [4.69, 9.17) is 4.74 Å².